The third kappa shape index (κ3) is 3.10. The zero-order chi connectivity index (χ0) is 18.4. The van der Waals surface area contributed by atoms with E-state index in [9.17, 15) is 44.3 Å². The minimum absolute atomic E-state index is 0.223. The number of amides is 1. The largest absolute Gasteiger partial charge is 0.460 e. The predicted octanol–water partition coefficient (Wildman–Crippen LogP) is 4.17. The number of aromatic nitrogens is 1. The fraction of sp³-hybridized carbons (Fsp3) is 0.600. The number of aryl methyl sites for hydroxylation is 2. The molecule has 0 unspecified atom stereocenters. The topological polar surface area (TPSA) is 42.0 Å². The van der Waals surface area contributed by atoms with Gasteiger partial charge in [-0.3, -0.25) is 10.1 Å². The van der Waals surface area contributed by atoms with Crippen molar-refractivity contribution in [2.24, 2.45) is 0 Å². The van der Waals surface area contributed by atoms with E-state index in [1.54, 1.807) is 0 Å². The smallest absolute Gasteiger partial charge is 0.296 e. The van der Waals surface area contributed by atoms with Crippen molar-refractivity contribution in [3.8, 4) is 0 Å². The molecule has 0 atom stereocenters. The summed E-state index contributed by atoms with van der Waals surface area (Å²) in [5, 5.41) is 0.469. The van der Waals surface area contributed by atoms with Crippen molar-refractivity contribution >= 4 is 22.4 Å². The van der Waals surface area contributed by atoms with Crippen LogP contribution < -0.4 is 5.32 Å². The summed E-state index contributed by atoms with van der Waals surface area (Å²) >= 11 is 0.551. The van der Waals surface area contributed by atoms with Gasteiger partial charge in [-0.15, -0.1) is 11.3 Å². The molecule has 132 valence electrons. The molecule has 0 aliphatic heterocycles. The molecule has 0 saturated carbocycles. The number of hydrogen-bond donors (Lipinski definition) is 1. The van der Waals surface area contributed by atoms with Crippen LogP contribution in [0.2, 0.25) is 0 Å². The van der Waals surface area contributed by atoms with Crippen molar-refractivity contribution in [2.75, 3.05) is 5.32 Å². The first-order valence-electron chi connectivity index (χ1n) is 5.51. The standard InChI is InChI=1S/C10H7F9N2OS/c1-3-4(2)23-6(20-3)21-5(22)7(11,12)8(13,14)9(15,16)10(17,18)19/h1-2H3,(H,20,21,22). The average Bonchev–Trinajstić information content (AvgIpc) is 2.66. The maximum Gasteiger partial charge on any atom is 0.460 e. The lowest BCUT2D eigenvalue weighted by molar-refractivity contribution is -0.388. The molecule has 0 aromatic carbocycles. The van der Waals surface area contributed by atoms with Crippen molar-refractivity contribution in [2.45, 2.75) is 37.8 Å². The molecule has 1 rings (SSSR count). The summed E-state index contributed by atoms with van der Waals surface area (Å²) in [6.45, 7) is 2.79. The van der Waals surface area contributed by atoms with Gasteiger partial charge in [0.25, 0.3) is 0 Å². The zero-order valence-corrected chi connectivity index (χ0v) is 12.0. The summed E-state index contributed by atoms with van der Waals surface area (Å²) in [5.41, 5.74) is 0.223. The van der Waals surface area contributed by atoms with E-state index in [4.69, 9.17) is 0 Å². The van der Waals surface area contributed by atoms with Crippen LogP contribution in [0, 0.1) is 13.8 Å². The molecule has 0 fully saturated rings. The van der Waals surface area contributed by atoms with Crippen molar-refractivity contribution in [3.05, 3.63) is 10.6 Å². The van der Waals surface area contributed by atoms with Crippen molar-refractivity contribution < 1.29 is 44.3 Å². The number of anilines is 1. The molecule has 1 heterocycles. The van der Waals surface area contributed by atoms with Gasteiger partial charge in [-0.05, 0) is 13.8 Å². The Hall–Kier alpha value is -1.53. The van der Waals surface area contributed by atoms with Crippen molar-refractivity contribution in [1.82, 2.24) is 4.98 Å². The third-order valence-corrected chi connectivity index (χ3v) is 3.67. The molecule has 0 aliphatic carbocycles. The van der Waals surface area contributed by atoms with Gasteiger partial charge in [-0.2, -0.15) is 39.5 Å². The van der Waals surface area contributed by atoms with Crippen molar-refractivity contribution in [1.29, 1.82) is 0 Å². The van der Waals surface area contributed by atoms with Crippen LogP contribution in [-0.2, 0) is 4.79 Å². The molecule has 0 spiro atoms. The first kappa shape index (κ1) is 19.5. The number of nitrogens with one attached hydrogen (secondary N) is 1. The number of hydrogen-bond acceptors (Lipinski definition) is 3. The Kier molecular flexibility index (Phi) is 4.69. The number of nitrogens with zero attached hydrogens (tertiary/aromatic N) is 1. The van der Waals surface area contributed by atoms with Gasteiger partial charge in [-0.1, -0.05) is 0 Å². The third-order valence-electron chi connectivity index (χ3n) is 2.68. The first-order chi connectivity index (χ1) is 10.1. The highest BCUT2D eigenvalue weighted by Gasteiger charge is 2.83. The Morgan fingerprint density at radius 1 is 0.957 bits per heavy atom. The fourth-order valence-electron chi connectivity index (χ4n) is 1.22. The second kappa shape index (κ2) is 5.53. The normalized spacial score (nSPS) is 14.0. The number of carbonyl (C=O) groups excluding carboxylic acids is 1. The number of carbonyl (C=O) groups is 1. The summed E-state index contributed by atoms with van der Waals surface area (Å²) in [7, 11) is 0. The average molecular weight is 374 g/mol. The molecule has 0 aliphatic rings. The van der Waals surface area contributed by atoms with Gasteiger partial charge in [0.2, 0.25) is 0 Å². The molecule has 1 aromatic rings. The Morgan fingerprint density at radius 3 is 1.78 bits per heavy atom. The van der Waals surface area contributed by atoms with E-state index in [-0.39, 0.29) is 5.69 Å². The lowest BCUT2D eigenvalue weighted by Gasteiger charge is -2.32. The van der Waals surface area contributed by atoms with Crippen LogP contribution in [0.3, 0.4) is 0 Å². The Labute approximate surface area is 126 Å². The molecule has 23 heavy (non-hydrogen) atoms. The minimum Gasteiger partial charge on any atom is -0.296 e. The van der Waals surface area contributed by atoms with Gasteiger partial charge in [0.05, 0.1) is 5.69 Å². The van der Waals surface area contributed by atoms with E-state index in [2.05, 4.69) is 4.98 Å². The summed E-state index contributed by atoms with van der Waals surface area (Å²) in [6, 6.07) is 0. The van der Waals surface area contributed by atoms with Crippen LogP contribution in [0.15, 0.2) is 0 Å². The highest BCUT2D eigenvalue weighted by atomic mass is 32.1. The van der Waals surface area contributed by atoms with Crippen molar-refractivity contribution in [3.63, 3.8) is 0 Å². The second-order valence-electron chi connectivity index (χ2n) is 4.34. The molecule has 1 N–H and O–H groups in total. The van der Waals surface area contributed by atoms with E-state index >= 15 is 0 Å². The highest BCUT2D eigenvalue weighted by molar-refractivity contribution is 7.15. The summed E-state index contributed by atoms with van der Waals surface area (Å²) in [4.78, 5) is 14.9. The van der Waals surface area contributed by atoms with Gasteiger partial charge in [0.1, 0.15) is 0 Å². The monoisotopic (exact) mass is 374 g/mol. The number of alkyl halides is 9. The molecular formula is C10H7F9N2OS. The van der Waals surface area contributed by atoms with E-state index in [0.29, 0.717) is 16.2 Å². The van der Waals surface area contributed by atoms with Gasteiger partial charge in [0.15, 0.2) is 5.13 Å². The van der Waals surface area contributed by atoms with Crippen LogP contribution in [0.4, 0.5) is 44.6 Å². The van der Waals surface area contributed by atoms with Gasteiger partial charge >= 0.3 is 29.9 Å². The quantitative estimate of drug-likeness (QED) is 0.804. The SMILES string of the molecule is Cc1nc(NC(=O)C(F)(F)C(F)(F)C(F)(F)C(F)(F)F)sc1C. The molecule has 0 bridgehead atoms. The highest BCUT2D eigenvalue weighted by Crippen LogP contribution is 2.53. The Bertz CT molecular complexity index is 588. The maximum atomic E-state index is 13.2. The summed E-state index contributed by atoms with van der Waals surface area (Å²) in [6.07, 6.45) is -6.98. The van der Waals surface area contributed by atoms with Crippen LogP contribution in [-0.4, -0.2) is 34.8 Å². The van der Waals surface area contributed by atoms with E-state index < -0.39 is 35.0 Å². The fourth-order valence-corrected chi connectivity index (χ4v) is 2.03. The summed E-state index contributed by atoms with van der Waals surface area (Å²) < 4.78 is 113. The lowest BCUT2D eigenvalue weighted by atomic mass is 10.0. The molecule has 0 radical (unpaired) electrons. The number of rotatable bonds is 4. The molecule has 1 amide bonds. The maximum absolute atomic E-state index is 13.2. The number of thiazole rings is 1. The lowest BCUT2D eigenvalue weighted by Crippen LogP contribution is -2.64. The van der Waals surface area contributed by atoms with Crippen LogP contribution in [0.5, 0.6) is 0 Å². The van der Waals surface area contributed by atoms with Crippen LogP contribution >= 0.6 is 11.3 Å². The molecule has 1 aromatic heterocycles. The Balaban J connectivity index is 3.15. The molecule has 3 nitrogen and oxygen atoms in total. The molecule has 0 saturated heterocycles. The predicted molar refractivity (Wildman–Crippen MR) is 61.1 cm³/mol. The zero-order valence-electron chi connectivity index (χ0n) is 11.2. The Morgan fingerprint density at radius 2 is 1.43 bits per heavy atom. The van der Waals surface area contributed by atoms with Crippen LogP contribution in [0.1, 0.15) is 10.6 Å². The van der Waals surface area contributed by atoms with E-state index in [0.717, 1.165) is 5.32 Å². The van der Waals surface area contributed by atoms with Gasteiger partial charge in [0, 0.05) is 4.88 Å². The summed E-state index contributed by atoms with van der Waals surface area (Å²) in [5.74, 6) is -23.5. The van der Waals surface area contributed by atoms with Crippen LogP contribution in [0.25, 0.3) is 0 Å². The van der Waals surface area contributed by atoms with E-state index in [1.807, 2.05) is 0 Å². The number of halogens is 9. The van der Waals surface area contributed by atoms with Gasteiger partial charge < -0.3 is 0 Å². The first-order valence-corrected chi connectivity index (χ1v) is 6.33. The van der Waals surface area contributed by atoms with Gasteiger partial charge in [-0.25, -0.2) is 4.98 Å². The minimum atomic E-state index is -7.12. The molecular weight excluding hydrogens is 367 g/mol. The second-order valence-corrected chi connectivity index (χ2v) is 5.54. The molecule has 13 heteroatoms. The van der Waals surface area contributed by atoms with E-state index in [1.165, 1.54) is 13.8 Å².